The maximum atomic E-state index is 5.46. The predicted octanol–water partition coefficient (Wildman–Crippen LogP) is 16.5. The van der Waals surface area contributed by atoms with Gasteiger partial charge < -0.3 is 9.13 Å². The van der Waals surface area contributed by atoms with Gasteiger partial charge in [0.25, 0.3) is 0 Å². The third kappa shape index (κ3) is 6.80. The first-order valence-electron chi connectivity index (χ1n) is 24.5. The highest BCUT2D eigenvalue weighted by molar-refractivity contribution is 6.12. The summed E-state index contributed by atoms with van der Waals surface area (Å²) in [4.78, 5) is 16.2. The highest BCUT2D eigenvalue weighted by atomic mass is 15.0. The van der Waals surface area contributed by atoms with Crippen LogP contribution < -0.4 is 0 Å². The number of hydrogen-bond acceptors (Lipinski definition) is 3. The first-order chi connectivity index (χ1) is 35.2. The lowest BCUT2D eigenvalue weighted by atomic mass is 9.83. The van der Waals surface area contributed by atoms with Crippen LogP contribution in [0.3, 0.4) is 0 Å². The zero-order valence-corrected chi connectivity index (χ0v) is 38.8. The van der Waals surface area contributed by atoms with E-state index in [0.29, 0.717) is 17.5 Å². The van der Waals surface area contributed by atoms with Crippen molar-refractivity contribution in [3.63, 3.8) is 0 Å². The van der Waals surface area contributed by atoms with E-state index in [1.54, 1.807) is 0 Å². The minimum atomic E-state index is 0.0619. The van der Waals surface area contributed by atoms with E-state index >= 15 is 0 Å². The molecule has 3 aromatic heterocycles. The molecule has 13 aromatic rings. The molecule has 1 aliphatic carbocycles. The van der Waals surface area contributed by atoms with E-state index in [-0.39, 0.29) is 5.92 Å². The Kier molecular flexibility index (Phi) is 9.66. The van der Waals surface area contributed by atoms with E-state index in [4.69, 9.17) is 15.0 Å². The normalized spacial score (nSPS) is 13.4. The fraction of sp³-hybridized carbons (Fsp3) is 0.0455. The van der Waals surface area contributed by atoms with Gasteiger partial charge in [-0.2, -0.15) is 0 Å². The molecule has 71 heavy (non-hydrogen) atoms. The van der Waals surface area contributed by atoms with Crippen molar-refractivity contribution < 1.29 is 0 Å². The monoisotopic (exact) mass is 907 g/mol. The highest BCUT2D eigenvalue weighted by Crippen LogP contribution is 2.47. The molecule has 14 rings (SSSR count). The number of nitrogens with zero attached hydrogens (tertiary/aromatic N) is 5. The molecular formula is C66H45N5. The molecule has 3 heterocycles. The van der Waals surface area contributed by atoms with Crippen LogP contribution in [-0.4, -0.2) is 24.1 Å². The van der Waals surface area contributed by atoms with Gasteiger partial charge in [0.15, 0.2) is 17.5 Å². The number of hydrogen-bond donors (Lipinski definition) is 0. The van der Waals surface area contributed by atoms with Crippen LogP contribution in [0, 0.1) is 0 Å². The molecule has 0 saturated carbocycles. The molecule has 0 spiro atoms. The zero-order valence-electron chi connectivity index (χ0n) is 38.8. The van der Waals surface area contributed by atoms with Crippen LogP contribution in [0.2, 0.25) is 0 Å². The number of aryl methyl sites for hydroxylation is 1. The van der Waals surface area contributed by atoms with Crippen LogP contribution in [0.15, 0.2) is 243 Å². The molecule has 10 aromatic carbocycles. The second kappa shape index (κ2) is 16.8. The lowest BCUT2D eigenvalue weighted by molar-refractivity contribution is 0.727. The van der Waals surface area contributed by atoms with E-state index in [1.807, 2.05) is 0 Å². The molecule has 0 fully saturated rings. The highest BCUT2D eigenvalue weighted by Gasteiger charge is 2.29. The summed E-state index contributed by atoms with van der Waals surface area (Å²) in [7, 11) is 0. The Morgan fingerprint density at radius 1 is 0.324 bits per heavy atom. The lowest BCUT2D eigenvalue weighted by Gasteiger charge is -2.21. The maximum absolute atomic E-state index is 5.46. The van der Waals surface area contributed by atoms with Gasteiger partial charge in [0.05, 0.1) is 22.1 Å². The van der Waals surface area contributed by atoms with E-state index in [9.17, 15) is 0 Å². The molecule has 1 aliphatic rings. The molecule has 0 saturated heterocycles. The Bertz CT molecular complexity index is 4110. The summed E-state index contributed by atoms with van der Waals surface area (Å²) in [6.45, 7) is 0. The molecule has 0 aliphatic heterocycles. The van der Waals surface area contributed by atoms with Gasteiger partial charge in [0.2, 0.25) is 0 Å². The summed E-state index contributed by atoms with van der Waals surface area (Å²) >= 11 is 0. The number of rotatable bonds is 7. The van der Waals surface area contributed by atoms with Gasteiger partial charge in [0, 0.05) is 55.5 Å². The predicted molar refractivity (Wildman–Crippen MR) is 292 cm³/mol. The van der Waals surface area contributed by atoms with Crippen LogP contribution in [-0.2, 0) is 6.42 Å². The smallest absolute Gasteiger partial charge is 0.164 e. The van der Waals surface area contributed by atoms with Crippen molar-refractivity contribution >= 4 is 43.6 Å². The van der Waals surface area contributed by atoms with Gasteiger partial charge >= 0.3 is 0 Å². The third-order valence-electron chi connectivity index (χ3n) is 14.7. The number of fused-ring (bicyclic) bond motifs is 10. The Hall–Kier alpha value is -9.19. The van der Waals surface area contributed by atoms with Gasteiger partial charge in [-0.15, -0.1) is 0 Å². The molecule has 0 amide bonds. The molecule has 1 atom stereocenters. The molecule has 5 heteroatoms. The van der Waals surface area contributed by atoms with E-state index in [2.05, 4.69) is 252 Å². The molecule has 5 nitrogen and oxygen atoms in total. The lowest BCUT2D eigenvalue weighted by Crippen LogP contribution is -2.07. The Labute approximate surface area is 411 Å². The van der Waals surface area contributed by atoms with Crippen molar-refractivity contribution in [2.75, 3.05) is 0 Å². The largest absolute Gasteiger partial charge is 0.309 e. The molecule has 0 radical (unpaired) electrons. The van der Waals surface area contributed by atoms with E-state index < -0.39 is 0 Å². The molecule has 1 unspecified atom stereocenters. The average Bonchev–Trinajstić information content (AvgIpc) is 3.91. The SMILES string of the molecule is c1ccc(-c2ccc(-c3nc(-c4cccc(-n5c6ccccc6c6ccccc65)c4)nc(-c4ccccc4C4CCc5c(ccc6c7ccccc7n(-c7ccccc7)c56)-c5ccccc54)n3)cc2)cc1. The third-order valence-corrected chi connectivity index (χ3v) is 14.7. The average molecular weight is 908 g/mol. The van der Waals surface area contributed by atoms with Crippen molar-refractivity contribution in [2.24, 2.45) is 0 Å². The second-order valence-corrected chi connectivity index (χ2v) is 18.6. The van der Waals surface area contributed by atoms with Gasteiger partial charge in [-0.05, 0) is 94.3 Å². The van der Waals surface area contributed by atoms with Gasteiger partial charge in [-0.1, -0.05) is 200 Å². The summed E-state index contributed by atoms with van der Waals surface area (Å²) < 4.78 is 4.83. The standard InChI is InChI=1S/C66H45N5/c1-3-18-43(19-4-1)44-34-36-45(37-35-44)64-67-65(46-20-17-23-48(42-46)70-60-31-14-11-27-54(60)55-28-12-15-32-61(55)70)69-66(68-64)59-30-10-9-26-51(59)52-38-40-57-53(50-25-8-7-24-49(50)52)39-41-58-56-29-13-16-33-62(56)71(63(57)58)47-21-5-2-6-22-47/h1-37,39,41-42,52H,38,40H2. The van der Waals surface area contributed by atoms with E-state index in [0.717, 1.165) is 51.8 Å². The topological polar surface area (TPSA) is 48.5 Å². The number of aromatic nitrogens is 5. The van der Waals surface area contributed by atoms with Crippen LogP contribution in [0.1, 0.15) is 29.0 Å². The van der Waals surface area contributed by atoms with Crippen molar-refractivity contribution in [1.29, 1.82) is 0 Å². The molecule has 334 valence electrons. The van der Waals surface area contributed by atoms with Crippen LogP contribution >= 0.6 is 0 Å². The zero-order chi connectivity index (χ0) is 46.8. The van der Waals surface area contributed by atoms with Crippen molar-refractivity contribution in [2.45, 2.75) is 18.8 Å². The number of benzene rings is 10. The Morgan fingerprint density at radius 2 is 0.817 bits per heavy atom. The van der Waals surface area contributed by atoms with Crippen LogP contribution in [0.25, 0.3) is 111 Å². The first-order valence-corrected chi connectivity index (χ1v) is 24.5. The van der Waals surface area contributed by atoms with Gasteiger partial charge in [-0.25, -0.2) is 15.0 Å². The number of para-hydroxylation sites is 4. The fourth-order valence-corrected chi connectivity index (χ4v) is 11.5. The van der Waals surface area contributed by atoms with Crippen molar-refractivity contribution in [3.05, 3.63) is 259 Å². The van der Waals surface area contributed by atoms with Crippen LogP contribution in [0.5, 0.6) is 0 Å². The quantitative estimate of drug-likeness (QED) is 0.160. The Balaban J connectivity index is 0.934. The summed E-state index contributed by atoms with van der Waals surface area (Å²) in [5, 5.41) is 4.99. The summed E-state index contributed by atoms with van der Waals surface area (Å²) in [5.41, 5.74) is 18.6. The summed E-state index contributed by atoms with van der Waals surface area (Å²) in [6, 6.07) is 87.2. The first kappa shape index (κ1) is 40.8. The van der Waals surface area contributed by atoms with Crippen molar-refractivity contribution in [3.8, 4) is 67.8 Å². The molecule has 0 N–H and O–H groups in total. The van der Waals surface area contributed by atoms with Crippen molar-refractivity contribution in [1.82, 2.24) is 24.1 Å². The minimum absolute atomic E-state index is 0.0619. The van der Waals surface area contributed by atoms with E-state index in [1.165, 1.54) is 71.6 Å². The summed E-state index contributed by atoms with van der Waals surface area (Å²) in [6.07, 6.45) is 1.80. The Morgan fingerprint density at radius 3 is 1.52 bits per heavy atom. The van der Waals surface area contributed by atoms with Gasteiger partial charge in [-0.3, -0.25) is 0 Å². The second-order valence-electron chi connectivity index (χ2n) is 18.6. The molecular weight excluding hydrogens is 863 g/mol. The minimum Gasteiger partial charge on any atom is -0.309 e. The van der Waals surface area contributed by atoms with Crippen LogP contribution in [0.4, 0.5) is 0 Å². The maximum Gasteiger partial charge on any atom is 0.164 e. The fourth-order valence-electron chi connectivity index (χ4n) is 11.5. The van der Waals surface area contributed by atoms with Gasteiger partial charge in [0.1, 0.15) is 0 Å². The summed E-state index contributed by atoms with van der Waals surface area (Å²) in [5.74, 6) is 1.97. The molecule has 0 bridgehead atoms.